The lowest BCUT2D eigenvalue weighted by Gasteiger charge is -2.14. The Morgan fingerprint density at radius 2 is 1.95 bits per heavy atom. The van der Waals surface area contributed by atoms with Crippen LogP contribution in [0.2, 0.25) is 0 Å². The van der Waals surface area contributed by atoms with E-state index in [0.717, 1.165) is 17.5 Å². The molecular weight excluding hydrogens is 254 g/mol. The summed E-state index contributed by atoms with van der Waals surface area (Å²) in [5.41, 5.74) is 2.04. The molecule has 2 aromatic rings. The molecule has 0 atom stereocenters. The number of rotatable bonds is 3. The standard InChI is InChI=1S/C16H19NO3/c1-5-10-8-6-7-9-11(10)14-17-13(16(2,3)4)12(20-14)15(18)19/h6-9H,5H2,1-4H3,(H,18,19). The van der Waals surface area contributed by atoms with Gasteiger partial charge in [0, 0.05) is 11.0 Å². The monoisotopic (exact) mass is 273 g/mol. The molecule has 106 valence electrons. The van der Waals surface area contributed by atoms with Gasteiger partial charge in [0.05, 0.1) is 0 Å². The van der Waals surface area contributed by atoms with Gasteiger partial charge in [-0.3, -0.25) is 0 Å². The van der Waals surface area contributed by atoms with Crippen LogP contribution < -0.4 is 0 Å². The third kappa shape index (κ3) is 2.59. The van der Waals surface area contributed by atoms with Crippen molar-refractivity contribution in [2.45, 2.75) is 39.5 Å². The second-order valence-electron chi connectivity index (χ2n) is 5.76. The summed E-state index contributed by atoms with van der Waals surface area (Å²) in [6.07, 6.45) is 0.839. The zero-order chi connectivity index (χ0) is 14.9. The normalized spacial score (nSPS) is 11.6. The molecule has 1 aromatic heterocycles. The average Bonchev–Trinajstić information content (AvgIpc) is 2.83. The lowest BCUT2D eigenvalue weighted by atomic mass is 9.91. The number of aryl methyl sites for hydroxylation is 1. The zero-order valence-electron chi connectivity index (χ0n) is 12.2. The third-order valence-electron chi connectivity index (χ3n) is 3.16. The summed E-state index contributed by atoms with van der Waals surface area (Å²) in [6, 6.07) is 7.75. The van der Waals surface area contributed by atoms with Gasteiger partial charge in [-0.2, -0.15) is 0 Å². The number of aromatic carboxylic acids is 1. The summed E-state index contributed by atoms with van der Waals surface area (Å²) in [5, 5.41) is 9.28. The molecule has 0 aliphatic rings. The molecule has 0 saturated carbocycles. The first-order chi connectivity index (χ1) is 9.34. The molecule has 0 fully saturated rings. The van der Waals surface area contributed by atoms with Crippen molar-refractivity contribution in [2.75, 3.05) is 0 Å². The van der Waals surface area contributed by atoms with E-state index in [1.165, 1.54) is 0 Å². The Bertz CT molecular complexity index is 635. The van der Waals surface area contributed by atoms with Crippen molar-refractivity contribution in [3.05, 3.63) is 41.3 Å². The number of carboxylic acid groups (broad SMARTS) is 1. The van der Waals surface area contributed by atoms with Gasteiger partial charge < -0.3 is 9.52 Å². The van der Waals surface area contributed by atoms with Crippen LogP contribution in [0.25, 0.3) is 11.5 Å². The topological polar surface area (TPSA) is 63.3 Å². The number of oxazole rings is 1. The average molecular weight is 273 g/mol. The molecule has 1 aromatic carbocycles. The van der Waals surface area contributed by atoms with Crippen molar-refractivity contribution in [3.63, 3.8) is 0 Å². The van der Waals surface area contributed by atoms with Gasteiger partial charge >= 0.3 is 5.97 Å². The van der Waals surface area contributed by atoms with Gasteiger partial charge in [0.25, 0.3) is 0 Å². The second-order valence-corrected chi connectivity index (χ2v) is 5.76. The summed E-state index contributed by atoms with van der Waals surface area (Å²) in [4.78, 5) is 15.8. The number of carboxylic acids is 1. The maximum atomic E-state index is 11.3. The van der Waals surface area contributed by atoms with Gasteiger partial charge in [-0.05, 0) is 18.1 Å². The molecular formula is C16H19NO3. The number of benzene rings is 1. The van der Waals surface area contributed by atoms with Crippen LogP contribution in [-0.2, 0) is 11.8 Å². The number of hydrogen-bond acceptors (Lipinski definition) is 3. The summed E-state index contributed by atoms with van der Waals surface area (Å²) in [5.74, 6) is -0.772. The minimum absolute atomic E-state index is 0.0709. The first-order valence-corrected chi connectivity index (χ1v) is 6.67. The van der Waals surface area contributed by atoms with E-state index in [1.807, 2.05) is 52.0 Å². The predicted molar refractivity (Wildman–Crippen MR) is 77.0 cm³/mol. The van der Waals surface area contributed by atoms with Crippen molar-refractivity contribution in [1.29, 1.82) is 0 Å². The smallest absolute Gasteiger partial charge is 0.373 e. The van der Waals surface area contributed by atoms with Crippen LogP contribution in [0.15, 0.2) is 28.7 Å². The lowest BCUT2D eigenvalue weighted by Crippen LogP contribution is -2.16. The SMILES string of the molecule is CCc1ccccc1-c1nc(C(C)(C)C)c(C(=O)O)o1. The zero-order valence-corrected chi connectivity index (χ0v) is 12.2. The molecule has 2 rings (SSSR count). The minimum atomic E-state index is -1.08. The fourth-order valence-corrected chi connectivity index (χ4v) is 2.13. The van der Waals surface area contributed by atoms with Gasteiger partial charge in [0.1, 0.15) is 5.69 Å². The van der Waals surface area contributed by atoms with Crippen molar-refractivity contribution in [1.82, 2.24) is 4.98 Å². The Morgan fingerprint density at radius 1 is 1.30 bits per heavy atom. The largest absolute Gasteiger partial charge is 0.475 e. The Kier molecular flexibility index (Phi) is 3.66. The first kappa shape index (κ1) is 14.3. The Hall–Kier alpha value is -2.10. The van der Waals surface area contributed by atoms with Crippen molar-refractivity contribution >= 4 is 5.97 Å². The molecule has 1 heterocycles. The van der Waals surface area contributed by atoms with Crippen LogP contribution in [0.1, 0.15) is 49.5 Å². The molecule has 0 spiro atoms. The van der Waals surface area contributed by atoms with Gasteiger partial charge in [0.15, 0.2) is 0 Å². The van der Waals surface area contributed by atoms with Gasteiger partial charge in [-0.1, -0.05) is 45.9 Å². The maximum absolute atomic E-state index is 11.3. The van der Waals surface area contributed by atoms with Gasteiger partial charge in [0.2, 0.25) is 11.7 Å². The van der Waals surface area contributed by atoms with Crippen molar-refractivity contribution in [2.24, 2.45) is 0 Å². The second kappa shape index (κ2) is 5.12. The molecule has 0 saturated heterocycles. The molecule has 0 aliphatic carbocycles. The van der Waals surface area contributed by atoms with Crippen LogP contribution in [0.4, 0.5) is 0 Å². The van der Waals surface area contributed by atoms with E-state index < -0.39 is 5.97 Å². The molecule has 4 heteroatoms. The van der Waals surface area contributed by atoms with E-state index in [4.69, 9.17) is 4.42 Å². The number of carbonyl (C=O) groups is 1. The van der Waals surface area contributed by atoms with Crippen LogP contribution in [0.5, 0.6) is 0 Å². The molecule has 20 heavy (non-hydrogen) atoms. The molecule has 4 nitrogen and oxygen atoms in total. The summed E-state index contributed by atoms with van der Waals surface area (Å²) >= 11 is 0. The third-order valence-corrected chi connectivity index (χ3v) is 3.16. The minimum Gasteiger partial charge on any atom is -0.475 e. The summed E-state index contributed by atoms with van der Waals surface area (Å²) in [7, 11) is 0. The van der Waals surface area contributed by atoms with E-state index in [9.17, 15) is 9.90 Å². The van der Waals surface area contributed by atoms with Gasteiger partial charge in [-0.25, -0.2) is 9.78 Å². The number of hydrogen-bond donors (Lipinski definition) is 1. The van der Waals surface area contributed by atoms with Crippen LogP contribution in [0.3, 0.4) is 0 Å². The highest BCUT2D eigenvalue weighted by Gasteiger charge is 2.29. The molecule has 0 bridgehead atoms. The Balaban J connectivity index is 2.62. The molecule has 0 aliphatic heterocycles. The maximum Gasteiger partial charge on any atom is 0.373 e. The summed E-state index contributed by atoms with van der Waals surface area (Å²) < 4.78 is 5.52. The highest BCUT2D eigenvalue weighted by Crippen LogP contribution is 2.31. The van der Waals surface area contributed by atoms with E-state index in [-0.39, 0.29) is 11.2 Å². The van der Waals surface area contributed by atoms with E-state index in [1.54, 1.807) is 0 Å². The van der Waals surface area contributed by atoms with Crippen LogP contribution >= 0.6 is 0 Å². The number of aromatic nitrogens is 1. The van der Waals surface area contributed by atoms with Crippen LogP contribution in [-0.4, -0.2) is 16.1 Å². The van der Waals surface area contributed by atoms with Crippen molar-refractivity contribution in [3.8, 4) is 11.5 Å². The molecule has 1 N–H and O–H groups in total. The molecule has 0 amide bonds. The fraction of sp³-hybridized carbons (Fsp3) is 0.375. The highest BCUT2D eigenvalue weighted by molar-refractivity contribution is 5.86. The Morgan fingerprint density at radius 3 is 2.45 bits per heavy atom. The van der Waals surface area contributed by atoms with Crippen molar-refractivity contribution < 1.29 is 14.3 Å². The van der Waals surface area contributed by atoms with Crippen LogP contribution in [0, 0.1) is 0 Å². The van der Waals surface area contributed by atoms with Gasteiger partial charge in [-0.15, -0.1) is 0 Å². The predicted octanol–water partition coefficient (Wildman–Crippen LogP) is 3.90. The Labute approximate surface area is 118 Å². The van der Waals surface area contributed by atoms with E-state index >= 15 is 0 Å². The molecule has 0 unspecified atom stereocenters. The van der Waals surface area contributed by atoms with E-state index in [2.05, 4.69) is 4.98 Å². The van der Waals surface area contributed by atoms with E-state index in [0.29, 0.717) is 11.6 Å². The fourth-order valence-electron chi connectivity index (χ4n) is 2.13. The summed E-state index contributed by atoms with van der Waals surface area (Å²) in [6.45, 7) is 7.82. The highest BCUT2D eigenvalue weighted by atomic mass is 16.4. The number of nitrogens with zero attached hydrogens (tertiary/aromatic N) is 1. The molecule has 0 radical (unpaired) electrons. The lowest BCUT2D eigenvalue weighted by molar-refractivity contribution is 0.0659. The quantitative estimate of drug-likeness (QED) is 0.921. The first-order valence-electron chi connectivity index (χ1n) is 6.67.